The maximum Gasteiger partial charge on any atom is 0.252 e. The van der Waals surface area contributed by atoms with Gasteiger partial charge in [-0.25, -0.2) is 0 Å². The highest BCUT2D eigenvalue weighted by Gasteiger charge is 2.63. The third-order valence-corrected chi connectivity index (χ3v) is 20.5. The topological polar surface area (TPSA) is 11.4 Å². The summed E-state index contributed by atoms with van der Waals surface area (Å²) >= 11 is 0. The van der Waals surface area contributed by atoms with Crippen LogP contribution in [0.1, 0.15) is 168 Å². The van der Waals surface area contributed by atoms with Crippen molar-refractivity contribution in [2.45, 2.75) is 173 Å². The molecule has 4 unspecified atom stereocenters. The highest BCUT2D eigenvalue weighted by Crippen LogP contribution is 2.65. The van der Waals surface area contributed by atoms with Crippen molar-refractivity contribution < 1.29 is 0 Å². The zero-order valence-electron chi connectivity index (χ0n) is 43.5. The smallest absolute Gasteiger partial charge is 0.252 e. The SMILES string of the molecule is CC(C)(C)c1cc2c3c(c1)C1(C)CCCCC1(C)N3c1cc(N3c4ccc(-c5ccccc5)cc4C4(C)CCCCC34C)cc3c1B2c1cc(C(C)(C)C)cc2c4c(n-3c12)-c1ccccc1C4(C)C. The Bertz CT molecular complexity index is 3430. The summed E-state index contributed by atoms with van der Waals surface area (Å²) in [5.41, 5.74) is 27.1. The molecule has 14 rings (SSSR count). The van der Waals surface area contributed by atoms with Gasteiger partial charge in [-0.2, -0.15) is 0 Å². The second kappa shape index (κ2) is 13.1. The monoisotopic (exact) mass is 904 g/mol. The first kappa shape index (κ1) is 42.4. The fraction of sp³-hybridized carbons (Fsp3) is 0.415. The first-order valence-electron chi connectivity index (χ1n) is 26.7. The minimum absolute atomic E-state index is 0.00528. The average Bonchev–Trinajstić information content (AvgIpc) is 3.93. The van der Waals surface area contributed by atoms with Crippen LogP contribution in [0.15, 0.2) is 109 Å². The molecule has 2 fully saturated rings. The highest BCUT2D eigenvalue weighted by atomic mass is 15.3. The van der Waals surface area contributed by atoms with Crippen molar-refractivity contribution in [2.24, 2.45) is 0 Å². The largest absolute Gasteiger partial charge is 0.335 e. The molecule has 4 atom stereocenters. The van der Waals surface area contributed by atoms with Gasteiger partial charge < -0.3 is 14.4 Å². The van der Waals surface area contributed by atoms with Crippen LogP contribution >= 0.6 is 0 Å². The fourth-order valence-corrected chi connectivity index (χ4v) is 16.3. The summed E-state index contributed by atoms with van der Waals surface area (Å²) in [6.45, 7) is 30.3. The van der Waals surface area contributed by atoms with Crippen molar-refractivity contribution in [2.75, 3.05) is 9.80 Å². The van der Waals surface area contributed by atoms with E-state index < -0.39 is 0 Å². The molecule has 69 heavy (non-hydrogen) atoms. The van der Waals surface area contributed by atoms with Gasteiger partial charge in [-0.1, -0.05) is 174 Å². The molecule has 2 saturated carbocycles. The van der Waals surface area contributed by atoms with Crippen molar-refractivity contribution >= 4 is 56.8 Å². The van der Waals surface area contributed by atoms with E-state index in [9.17, 15) is 0 Å². The Morgan fingerprint density at radius 2 is 1.12 bits per heavy atom. The molecule has 0 saturated heterocycles. The average molecular weight is 904 g/mol. The lowest BCUT2D eigenvalue weighted by atomic mass is 9.33. The number of nitrogens with zero attached hydrogens (tertiary/aromatic N) is 3. The van der Waals surface area contributed by atoms with E-state index in [1.165, 1.54) is 157 Å². The number of fused-ring (bicyclic) bond motifs is 15. The normalized spacial score (nSPS) is 26.3. The van der Waals surface area contributed by atoms with E-state index in [0.29, 0.717) is 0 Å². The van der Waals surface area contributed by atoms with Gasteiger partial charge in [0, 0.05) is 61.1 Å². The molecule has 4 heteroatoms. The summed E-state index contributed by atoms with van der Waals surface area (Å²) < 4.78 is 2.83. The lowest BCUT2D eigenvalue weighted by Crippen LogP contribution is -2.64. The zero-order valence-corrected chi connectivity index (χ0v) is 43.5. The van der Waals surface area contributed by atoms with Crippen LogP contribution in [0.5, 0.6) is 0 Å². The summed E-state index contributed by atoms with van der Waals surface area (Å²) in [7, 11) is 0. The van der Waals surface area contributed by atoms with Crippen molar-refractivity contribution in [3.05, 3.63) is 143 Å². The van der Waals surface area contributed by atoms with Gasteiger partial charge in [0.1, 0.15) is 0 Å². The molecule has 0 N–H and O–H groups in total. The standard InChI is InChI=1S/C65H70BN3/c1-59(2,3)41-33-45-54-57(44-24-16-17-25-46(44)61(54,7)8)67-52-37-43(68-51-27-26-40(39-22-14-13-15-23-39)32-47(51)62(9)28-18-20-30-64(62,68)11)38-53-55(52)66(49(35-41)56(45)67)50-36-42(60(4,5)6)34-48-58(50)69(53)65(12)31-21-19-29-63(48,65)10/h13-17,22-27,32-38H,18-21,28-31H2,1-12H3. The van der Waals surface area contributed by atoms with Crippen molar-refractivity contribution in [1.29, 1.82) is 0 Å². The molecule has 7 aromatic rings. The molecule has 0 spiro atoms. The van der Waals surface area contributed by atoms with Gasteiger partial charge in [-0.15, -0.1) is 0 Å². The van der Waals surface area contributed by atoms with E-state index in [0.717, 1.165) is 0 Å². The Hall–Kier alpha value is -5.48. The number of hydrogen-bond donors (Lipinski definition) is 0. The van der Waals surface area contributed by atoms with Crippen LogP contribution in [0.25, 0.3) is 39.0 Å². The van der Waals surface area contributed by atoms with Crippen LogP contribution in [0.4, 0.5) is 22.7 Å². The fourth-order valence-electron chi connectivity index (χ4n) is 16.3. The summed E-state index contributed by atoms with van der Waals surface area (Å²) in [6, 6.07) is 44.1. The number of rotatable bonds is 2. The zero-order chi connectivity index (χ0) is 47.7. The molecule has 3 nitrogen and oxygen atoms in total. The number of anilines is 4. The molecule has 1 aromatic heterocycles. The van der Waals surface area contributed by atoms with Gasteiger partial charge in [0.15, 0.2) is 0 Å². The third-order valence-electron chi connectivity index (χ3n) is 20.5. The minimum atomic E-state index is -0.162. The lowest BCUT2D eigenvalue weighted by molar-refractivity contribution is 0.194. The minimum Gasteiger partial charge on any atom is -0.335 e. The molecular weight excluding hydrogens is 834 g/mol. The Kier molecular flexibility index (Phi) is 8.04. The first-order chi connectivity index (χ1) is 32.7. The van der Waals surface area contributed by atoms with Gasteiger partial charge in [0.25, 0.3) is 6.71 Å². The van der Waals surface area contributed by atoms with E-state index in [2.05, 4.69) is 207 Å². The van der Waals surface area contributed by atoms with Crippen molar-refractivity contribution in [1.82, 2.24) is 4.57 Å². The van der Waals surface area contributed by atoms with E-state index >= 15 is 0 Å². The van der Waals surface area contributed by atoms with E-state index in [1.807, 2.05) is 0 Å². The highest BCUT2D eigenvalue weighted by molar-refractivity contribution is 7.00. The van der Waals surface area contributed by atoms with Crippen molar-refractivity contribution in [3.63, 3.8) is 0 Å². The molecule has 5 heterocycles. The lowest BCUT2D eigenvalue weighted by Gasteiger charge is -2.53. The third kappa shape index (κ3) is 4.98. The maximum atomic E-state index is 2.98. The first-order valence-corrected chi connectivity index (χ1v) is 26.7. The quantitative estimate of drug-likeness (QED) is 0.160. The summed E-state index contributed by atoms with van der Waals surface area (Å²) in [5, 5.41) is 1.44. The molecule has 7 aliphatic rings. The molecule has 6 aromatic carbocycles. The Labute approximate surface area is 412 Å². The van der Waals surface area contributed by atoms with Crippen LogP contribution in [0.2, 0.25) is 0 Å². The van der Waals surface area contributed by atoms with Gasteiger partial charge in [0.2, 0.25) is 0 Å². The van der Waals surface area contributed by atoms with Gasteiger partial charge in [0.05, 0.1) is 16.8 Å². The summed E-state index contributed by atoms with van der Waals surface area (Å²) in [5.74, 6) is 0. The van der Waals surface area contributed by atoms with Crippen LogP contribution in [0.3, 0.4) is 0 Å². The second-order valence-electron chi connectivity index (χ2n) is 26.4. The van der Waals surface area contributed by atoms with Crippen molar-refractivity contribution in [3.8, 4) is 28.1 Å². The molecule has 0 bridgehead atoms. The van der Waals surface area contributed by atoms with Gasteiger partial charge in [-0.3, -0.25) is 0 Å². The predicted molar refractivity (Wildman–Crippen MR) is 294 cm³/mol. The molecule has 3 aliphatic carbocycles. The molecule has 0 radical (unpaired) electrons. The molecular formula is C65H70BN3. The molecule has 0 amide bonds. The maximum absolute atomic E-state index is 2.98. The second-order valence-corrected chi connectivity index (χ2v) is 26.4. The van der Waals surface area contributed by atoms with Crippen LogP contribution < -0.4 is 26.2 Å². The summed E-state index contributed by atoms with van der Waals surface area (Å²) in [6.07, 6.45) is 9.83. The van der Waals surface area contributed by atoms with E-state index in [-0.39, 0.29) is 44.9 Å². The van der Waals surface area contributed by atoms with Crippen LogP contribution in [-0.2, 0) is 27.1 Å². The number of aromatic nitrogens is 1. The van der Waals surface area contributed by atoms with Gasteiger partial charge in [-0.05, 0) is 142 Å². The predicted octanol–water partition coefficient (Wildman–Crippen LogP) is 14.8. The van der Waals surface area contributed by atoms with Gasteiger partial charge >= 0.3 is 0 Å². The van der Waals surface area contributed by atoms with Crippen LogP contribution in [-0.4, -0.2) is 22.4 Å². The number of benzene rings is 6. The summed E-state index contributed by atoms with van der Waals surface area (Å²) in [4.78, 5) is 5.87. The van der Waals surface area contributed by atoms with E-state index in [4.69, 9.17) is 0 Å². The van der Waals surface area contributed by atoms with Crippen LogP contribution in [0, 0.1) is 0 Å². The Morgan fingerprint density at radius 1 is 0.507 bits per heavy atom. The Balaban J connectivity index is 1.15. The molecule has 348 valence electrons. The number of hydrogen-bond acceptors (Lipinski definition) is 2. The van der Waals surface area contributed by atoms with E-state index in [1.54, 1.807) is 5.56 Å². The molecule has 4 aliphatic heterocycles. The Morgan fingerprint density at radius 3 is 1.83 bits per heavy atom.